The smallest absolute Gasteiger partial charge is 0.124 e. The number of benzene rings is 1. The first-order valence-electron chi connectivity index (χ1n) is 5.80. The summed E-state index contributed by atoms with van der Waals surface area (Å²) >= 11 is 7.50. The molecule has 0 aliphatic rings. The fourth-order valence-corrected chi connectivity index (χ4v) is 3.15. The van der Waals surface area contributed by atoms with Gasteiger partial charge in [-0.3, -0.25) is 0 Å². The van der Waals surface area contributed by atoms with Crippen LogP contribution in [-0.4, -0.2) is 5.11 Å². The number of aliphatic hydroxyl groups is 1. The van der Waals surface area contributed by atoms with Crippen molar-refractivity contribution in [2.24, 2.45) is 0 Å². The maximum absolute atomic E-state index is 12.9. The summed E-state index contributed by atoms with van der Waals surface area (Å²) < 4.78 is 12.9. The Balaban J connectivity index is 2.18. The molecule has 1 atom stereocenters. The molecule has 1 aromatic carbocycles. The van der Waals surface area contributed by atoms with Crippen LogP contribution in [0.1, 0.15) is 29.0 Å². The van der Waals surface area contributed by atoms with Crippen molar-refractivity contribution in [3.63, 3.8) is 0 Å². The minimum absolute atomic E-state index is 0.358. The van der Waals surface area contributed by atoms with E-state index in [2.05, 4.69) is 6.92 Å². The Morgan fingerprint density at radius 3 is 2.78 bits per heavy atom. The van der Waals surface area contributed by atoms with Gasteiger partial charge < -0.3 is 5.11 Å². The average Bonchev–Trinajstić information content (AvgIpc) is 2.81. The Morgan fingerprint density at radius 2 is 2.11 bits per heavy atom. The monoisotopic (exact) mass is 284 g/mol. The zero-order valence-corrected chi connectivity index (χ0v) is 11.6. The highest BCUT2D eigenvalue weighted by Gasteiger charge is 2.15. The second-order valence-electron chi connectivity index (χ2n) is 4.12. The molecule has 0 fully saturated rings. The van der Waals surface area contributed by atoms with Crippen LogP contribution in [0.3, 0.4) is 0 Å². The van der Waals surface area contributed by atoms with Gasteiger partial charge in [-0.2, -0.15) is 0 Å². The number of rotatable bonds is 4. The Morgan fingerprint density at radius 1 is 1.33 bits per heavy atom. The van der Waals surface area contributed by atoms with Gasteiger partial charge in [-0.25, -0.2) is 4.39 Å². The zero-order valence-electron chi connectivity index (χ0n) is 9.99. The highest BCUT2D eigenvalue weighted by atomic mass is 35.5. The Hall–Kier alpha value is -0.900. The molecule has 1 nitrogen and oxygen atoms in total. The first kappa shape index (κ1) is 13.5. The number of aryl methyl sites for hydroxylation is 1. The van der Waals surface area contributed by atoms with Crippen LogP contribution in [0, 0.1) is 5.82 Å². The lowest BCUT2D eigenvalue weighted by molar-refractivity contribution is 0.181. The summed E-state index contributed by atoms with van der Waals surface area (Å²) in [7, 11) is 0. The van der Waals surface area contributed by atoms with Crippen LogP contribution < -0.4 is 0 Å². The highest BCUT2D eigenvalue weighted by Crippen LogP contribution is 2.29. The molecule has 0 aliphatic heterocycles. The van der Waals surface area contributed by atoms with Crippen molar-refractivity contribution < 1.29 is 9.50 Å². The standard InChI is InChI=1S/C14H14ClFOS/c1-2-9-5-6-18-14(9)13(17)7-10-3-4-11(16)8-12(10)15/h3-6,8,13,17H,2,7H2,1H3. The van der Waals surface area contributed by atoms with Gasteiger partial charge in [-0.15, -0.1) is 11.3 Å². The number of thiophene rings is 1. The van der Waals surface area contributed by atoms with Gasteiger partial charge >= 0.3 is 0 Å². The quantitative estimate of drug-likeness (QED) is 0.883. The van der Waals surface area contributed by atoms with E-state index in [1.165, 1.54) is 12.1 Å². The lowest BCUT2D eigenvalue weighted by Gasteiger charge is -2.12. The van der Waals surface area contributed by atoms with Crippen LogP contribution in [0.15, 0.2) is 29.6 Å². The number of hydrogen-bond acceptors (Lipinski definition) is 2. The number of hydrogen-bond donors (Lipinski definition) is 1. The van der Waals surface area contributed by atoms with Gasteiger partial charge in [0.2, 0.25) is 0 Å². The fraction of sp³-hybridized carbons (Fsp3) is 0.286. The summed E-state index contributed by atoms with van der Waals surface area (Å²) in [6, 6.07) is 6.29. The van der Waals surface area contributed by atoms with Crippen molar-refractivity contribution >= 4 is 22.9 Å². The summed E-state index contributed by atoms with van der Waals surface area (Å²) in [5.41, 5.74) is 1.92. The Labute approximate surface area is 115 Å². The molecule has 0 amide bonds. The minimum atomic E-state index is -0.581. The van der Waals surface area contributed by atoms with Crippen molar-refractivity contribution in [2.75, 3.05) is 0 Å². The summed E-state index contributed by atoms with van der Waals surface area (Å²) in [6.45, 7) is 2.06. The Bertz CT molecular complexity index is 538. The van der Waals surface area contributed by atoms with E-state index in [9.17, 15) is 9.50 Å². The molecule has 2 aromatic rings. The maximum Gasteiger partial charge on any atom is 0.124 e. The van der Waals surface area contributed by atoms with E-state index in [0.717, 1.165) is 22.4 Å². The third-order valence-corrected chi connectivity index (χ3v) is 4.30. The van der Waals surface area contributed by atoms with Gasteiger partial charge in [0.25, 0.3) is 0 Å². The maximum atomic E-state index is 12.9. The lowest BCUT2D eigenvalue weighted by Crippen LogP contribution is -2.03. The largest absolute Gasteiger partial charge is 0.387 e. The van der Waals surface area contributed by atoms with E-state index >= 15 is 0 Å². The van der Waals surface area contributed by atoms with E-state index in [-0.39, 0.29) is 5.82 Å². The van der Waals surface area contributed by atoms with E-state index in [0.29, 0.717) is 11.4 Å². The lowest BCUT2D eigenvalue weighted by atomic mass is 10.0. The summed E-state index contributed by atoms with van der Waals surface area (Å²) in [5.74, 6) is -0.358. The van der Waals surface area contributed by atoms with E-state index < -0.39 is 6.10 Å². The molecule has 0 saturated heterocycles. The second-order valence-corrected chi connectivity index (χ2v) is 5.47. The molecule has 4 heteroatoms. The predicted octanol–water partition coefficient (Wildman–Crippen LogP) is 4.38. The predicted molar refractivity (Wildman–Crippen MR) is 73.8 cm³/mol. The van der Waals surface area contributed by atoms with Crippen molar-refractivity contribution in [3.8, 4) is 0 Å². The second kappa shape index (κ2) is 5.83. The zero-order chi connectivity index (χ0) is 13.1. The SMILES string of the molecule is CCc1ccsc1C(O)Cc1ccc(F)cc1Cl. The topological polar surface area (TPSA) is 20.2 Å². The summed E-state index contributed by atoms with van der Waals surface area (Å²) in [5, 5.41) is 12.6. The first-order valence-corrected chi connectivity index (χ1v) is 7.05. The summed E-state index contributed by atoms with van der Waals surface area (Å²) in [4.78, 5) is 0.970. The average molecular weight is 285 g/mol. The molecule has 0 spiro atoms. The van der Waals surface area contributed by atoms with Gasteiger partial charge in [0.1, 0.15) is 5.82 Å². The normalized spacial score (nSPS) is 12.7. The highest BCUT2D eigenvalue weighted by molar-refractivity contribution is 7.10. The van der Waals surface area contributed by atoms with E-state index in [4.69, 9.17) is 11.6 Å². The molecule has 0 aliphatic carbocycles. The molecule has 0 radical (unpaired) electrons. The van der Waals surface area contributed by atoms with Gasteiger partial charge in [-0.1, -0.05) is 24.6 Å². The van der Waals surface area contributed by atoms with Crippen LogP contribution in [0.2, 0.25) is 5.02 Å². The molecule has 0 bridgehead atoms. The van der Waals surface area contributed by atoms with Gasteiger partial charge in [0.05, 0.1) is 6.10 Å². The van der Waals surface area contributed by atoms with Crippen molar-refractivity contribution in [2.45, 2.75) is 25.9 Å². The minimum Gasteiger partial charge on any atom is -0.387 e. The van der Waals surface area contributed by atoms with Crippen LogP contribution in [0.5, 0.6) is 0 Å². The van der Waals surface area contributed by atoms with Crippen LogP contribution in [-0.2, 0) is 12.8 Å². The molecular weight excluding hydrogens is 271 g/mol. The van der Waals surface area contributed by atoms with Gasteiger partial charge in [0, 0.05) is 16.3 Å². The van der Waals surface area contributed by atoms with Crippen molar-refractivity contribution in [1.82, 2.24) is 0 Å². The van der Waals surface area contributed by atoms with Crippen LogP contribution >= 0.6 is 22.9 Å². The van der Waals surface area contributed by atoms with Crippen LogP contribution in [0.25, 0.3) is 0 Å². The molecule has 1 N–H and O–H groups in total. The molecule has 18 heavy (non-hydrogen) atoms. The number of aliphatic hydroxyl groups excluding tert-OH is 1. The van der Waals surface area contributed by atoms with Crippen molar-refractivity contribution in [1.29, 1.82) is 0 Å². The van der Waals surface area contributed by atoms with Crippen LogP contribution in [0.4, 0.5) is 4.39 Å². The molecule has 2 rings (SSSR count). The van der Waals surface area contributed by atoms with E-state index in [1.807, 2.05) is 11.4 Å². The molecule has 1 aromatic heterocycles. The third kappa shape index (κ3) is 2.91. The molecular formula is C14H14ClFOS. The van der Waals surface area contributed by atoms with Gasteiger partial charge in [-0.05, 0) is 41.1 Å². The van der Waals surface area contributed by atoms with E-state index in [1.54, 1.807) is 17.4 Å². The molecule has 1 unspecified atom stereocenters. The molecule has 1 heterocycles. The third-order valence-electron chi connectivity index (χ3n) is 2.89. The first-order chi connectivity index (χ1) is 8.61. The number of halogens is 2. The van der Waals surface area contributed by atoms with Crippen molar-refractivity contribution in [3.05, 3.63) is 56.5 Å². The summed E-state index contributed by atoms with van der Waals surface area (Å²) in [6.07, 6.45) is 0.725. The fourth-order valence-electron chi connectivity index (χ4n) is 1.92. The Kier molecular flexibility index (Phi) is 4.38. The molecule has 96 valence electrons. The van der Waals surface area contributed by atoms with Gasteiger partial charge in [0.15, 0.2) is 0 Å². The molecule has 0 saturated carbocycles.